The number of aryl methyl sites for hydroxylation is 1. The van der Waals surface area contributed by atoms with E-state index in [1.807, 2.05) is 13.8 Å². The predicted molar refractivity (Wildman–Crippen MR) is 141 cm³/mol. The number of methoxy groups -OCH3 is 1. The zero-order valence-corrected chi connectivity index (χ0v) is 21.6. The lowest BCUT2D eigenvalue weighted by Crippen LogP contribution is -2.12. The van der Waals surface area contributed by atoms with E-state index in [9.17, 15) is 9.18 Å². The van der Waals surface area contributed by atoms with E-state index in [0.29, 0.717) is 64.9 Å². The van der Waals surface area contributed by atoms with Crippen molar-refractivity contribution >= 4 is 40.0 Å². The van der Waals surface area contributed by atoms with Crippen LogP contribution in [-0.4, -0.2) is 41.2 Å². The van der Waals surface area contributed by atoms with Gasteiger partial charge in [0.05, 0.1) is 37.1 Å². The molecule has 0 fully saturated rings. The summed E-state index contributed by atoms with van der Waals surface area (Å²) in [5, 5.41) is 3.93. The number of nitrogens with zero attached hydrogens (tertiary/aromatic N) is 2. The third-order valence-electron chi connectivity index (χ3n) is 5.53. The van der Waals surface area contributed by atoms with Crippen molar-refractivity contribution in [2.24, 2.45) is 5.92 Å². The Bertz CT molecular complexity index is 1390. The van der Waals surface area contributed by atoms with Crippen molar-refractivity contribution < 1.29 is 23.4 Å². The van der Waals surface area contributed by atoms with Crippen LogP contribution < -0.4 is 14.8 Å². The van der Waals surface area contributed by atoms with E-state index >= 15 is 0 Å². The first-order valence-electron chi connectivity index (χ1n) is 11.9. The summed E-state index contributed by atoms with van der Waals surface area (Å²) in [7, 11) is 1.54. The molecular weight excluding hydrogens is 499 g/mol. The molecule has 8 nitrogen and oxygen atoms in total. The minimum absolute atomic E-state index is 0.237. The van der Waals surface area contributed by atoms with E-state index in [1.54, 1.807) is 36.5 Å². The molecule has 0 radical (unpaired) electrons. The van der Waals surface area contributed by atoms with Gasteiger partial charge in [-0.1, -0.05) is 25.4 Å². The predicted octanol–water partition coefficient (Wildman–Crippen LogP) is 6.33. The second kappa shape index (κ2) is 11.9. The lowest BCUT2D eigenvalue weighted by atomic mass is 10.1. The van der Waals surface area contributed by atoms with Crippen molar-refractivity contribution in [2.45, 2.75) is 26.7 Å². The smallest absolute Gasteiger partial charge is 0.339 e. The summed E-state index contributed by atoms with van der Waals surface area (Å²) >= 11 is 5.85. The fourth-order valence-corrected chi connectivity index (χ4v) is 3.87. The fraction of sp³-hybridized carbons (Fsp3) is 0.296. The third-order valence-corrected chi connectivity index (χ3v) is 5.77. The zero-order chi connectivity index (χ0) is 26.4. The monoisotopic (exact) mass is 526 g/mol. The van der Waals surface area contributed by atoms with E-state index in [4.69, 9.17) is 25.8 Å². The van der Waals surface area contributed by atoms with E-state index in [1.165, 1.54) is 19.5 Å². The molecule has 2 heterocycles. The maximum atomic E-state index is 14.3. The molecule has 194 valence electrons. The highest BCUT2D eigenvalue weighted by Gasteiger charge is 2.16. The number of H-pyrrole nitrogens is 1. The summed E-state index contributed by atoms with van der Waals surface area (Å²) in [5.74, 6) is 0.862. The quantitative estimate of drug-likeness (QED) is 0.174. The lowest BCUT2D eigenvalue weighted by Gasteiger charge is -2.14. The third kappa shape index (κ3) is 6.48. The van der Waals surface area contributed by atoms with Gasteiger partial charge in [0.1, 0.15) is 18.0 Å². The molecule has 37 heavy (non-hydrogen) atoms. The molecule has 10 heteroatoms. The van der Waals surface area contributed by atoms with Gasteiger partial charge in [-0.2, -0.15) is 0 Å². The van der Waals surface area contributed by atoms with Gasteiger partial charge in [0.15, 0.2) is 11.5 Å². The first-order valence-corrected chi connectivity index (χ1v) is 12.2. The maximum Gasteiger partial charge on any atom is 0.339 e. The molecular formula is C27H28ClFN4O4. The van der Waals surface area contributed by atoms with Crippen LogP contribution in [0.25, 0.3) is 10.9 Å². The molecule has 4 aromatic rings. The van der Waals surface area contributed by atoms with Crippen LogP contribution in [0.1, 0.15) is 36.3 Å². The van der Waals surface area contributed by atoms with Gasteiger partial charge in [-0.3, -0.25) is 0 Å². The van der Waals surface area contributed by atoms with E-state index < -0.39 is 5.82 Å². The maximum absolute atomic E-state index is 14.3. The Morgan fingerprint density at radius 3 is 2.76 bits per heavy atom. The molecule has 2 aromatic carbocycles. The number of hydrogen-bond donors (Lipinski definition) is 2. The van der Waals surface area contributed by atoms with Crippen molar-refractivity contribution in [3.63, 3.8) is 0 Å². The van der Waals surface area contributed by atoms with Crippen LogP contribution in [0.2, 0.25) is 5.02 Å². The number of carbonyl (C=O) groups excluding carboxylic acids is 1. The van der Waals surface area contributed by atoms with E-state index in [0.717, 1.165) is 5.69 Å². The minimum Gasteiger partial charge on any atom is -0.493 e. The normalized spacial score (nSPS) is 11.1. The van der Waals surface area contributed by atoms with Crippen molar-refractivity contribution in [1.29, 1.82) is 0 Å². The Morgan fingerprint density at radius 2 is 2.00 bits per heavy atom. The standard InChI is InChI=1S/C27H28ClFN4O4/c1-16(2)14-37-27(34)18-8-9-30-21(18)5-4-10-36-25-13-23-19(12-24(25)35-3)26(32-15-31-23)33-22-7-6-17(28)11-20(22)29/h6-9,11-13,15-16,30H,4-5,10,14H2,1-3H3,(H,31,32,33). The van der Waals surface area contributed by atoms with Crippen LogP contribution in [0.5, 0.6) is 11.5 Å². The number of carbonyl (C=O) groups is 1. The Kier molecular flexibility index (Phi) is 8.45. The molecule has 0 saturated carbocycles. The molecule has 0 bridgehead atoms. The van der Waals surface area contributed by atoms with E-state index in [2.05, 4.69) is 20.3 Å². The summed E-state index contributed by atoms with van der Waals surface area (Å²) in [6, 6.07) is 9.59. The number of halogens is 2. The molecule has 0 aliphatic heterocycles. The van der Waals surface area contributed by atoms with Crippen LogP contribution >= 0.6 is 11.6 Å². The molecule has 0 unspecified atom stereocenters. The van der Waals surface area contributed by atoms with Gasteiger partial charge in [0, 0.05) is 28.4 Å². The van der Waals surface area contributed by atoms with Crippen molar-refractivity contribution in [3.05, 3.63) is 71.0 Å². The highest BCUT2D eigenvalue weighted by Crippen LogP contribution is 2.35. The largest absolute Gasteiger partial charge is 0.493 e. The number of anilines is 2. The second-order valence-electron chi connectivity index (χ2n) is 8.81. The topological polar surface area (TPSA) is 98.4 Å². The number of benzene rings is 2. The first-order chi connectivity index (χ1) is 17.9. The zero-order valence-electron chi connectivity index (χ0n) is 20.8. The van der Waals surface area contributed by atoms with Gasteiger partial charge in [-0.25, -0.2) is 19.2 Å². The van der Waals surface area contributed by atoms with Gasteiger partial charge >= 0.3 is 5.97 Å². The highest BCUT2D eigenvalue weighted by molar-refractivity contribution is 6.30. The lowest BCUT2D eigenvalue weighted by molar-refractivity contribution is 0.0457. The van der Waals surface area contributed by atoms with Crippen molar-refractivity contribution in [3.8, 4) is 11.5 Å². The number of nitrogens with one attached hydrogen (secondary N) is 2. The first kappa shape index (κ1) is 26.2. The summed E-state index contributed by atoms with van der Waals surface area (Å²) in [4.78, 5) is 24.0. The number of aromatic nitrogens is 3. The number of fused-ring (bicyclic) bond motifs is 1. The Morgan fingerprint density at radius 1 is 1.16 bits per heavy atom. The average molecular weight is 527 g/mol. The summed E-state index contributed by atoms with van der Waals surface area (Å²) in [6.07, 6.45) is 4.38. The summed E-state index contributed by atoms with van der Waals surface area (Å²) < 4.78 is 31.2. The number of hydrogen-bond acceptors (Lipinski definition) is 7. The molecule has 0 aliphatic carbocycles. The number of ether oxygens (including phenoxy) is 3. The Hall–Kier alpha value is -3.85. The average Bonchev–Trinajstić information content (AvgIpc) is 3.35. The molecule has 0 aliphatic rings. The molecule has 0 atom stereocenters. The van der Waals surface area contributed by atoms with Crippen LogP contribution in [0.15, 0.2) is 48.9 Å². The van der Waals surface area contributed by atoms with Crippen LogP contribution in [0.3, 0.4) is 0 Å². The highest BCUT2D eigenvalue weighted by atomic mass is 35.5. The van der Waals surface area contributed by atoms with Crippen LogP contribution in [0.4, 0.5) is 15.9 Å². The van der Waals surface area contributed by atoms with Crippen LogP contribution in [-0.2, 0) is 11.2 Å². The van der Waals surface area contributed by atoms with Crippen LogP contribution in [0, 0.1) is 11.7 Å². The number of esters is 1. The molecule has 0 saturated heterocycles. The summed E-state index contributed by atoms with van der Waals surface area (Å²) in [5.41, 5.74) is 2.18. The molecule has 4 rings (SSSR count). The molecule has 0 amide bonds. The van der Waals surface area contributed by atoms with Gasteiger partial charge in [0.2, 0.25) is 0 Å². The van der Waals surface area contributed by atoms with Gasteiger partial charge < -0.3 is 24.5 Å². The Balaban J connectivity index is 1.44. The second-order valence-corrected chi connectivity index (χ2v) is 9.24. The number of rotatable bonds is 11. The van der Waals surface area contributed by atoms with Gasteiger partial charge in [0.25, 0.3) is 0 Å². The Labute approximate surface area is 219 Å². The van der Waals surface area contributed by atoms with E-state index in [-0.39, 0.29) is 17.6 Å². The fourth-order valence-electron chi connectivity index (χ4n) is 3.71. The van der Waals surface area contributed by atoms with Crippen molar-refractivity contribution in [1.82, 2.24) is 15.0 Å². The molecule has 2 N–H and O–H groups in total. The van der Waals surface area contributed by atoms with Gasteiger partial charge in [-0.05, 0) is 49.1 Å². The SMILES string of the molecule is COc1cc2c(Nc3ccc(Cl)cc3F)ncnc2cc1OCCCc1[nH]ccc1C(=O)OCC(C)C. The molecule has 2 aromatic heterocycles. The summed E-state index contributed by atoms with van der Waals surface area (Å²) in [6.45, 7) is 4.75. The molecule has 0 spiro atoms. The minimum atomic E-state index is -0.496. The van der Waals surface area contributed by atoms with Gasteiger partial charge in [-0.15, -0.1) is 0 Å². The van der Waals surface area contributed by atoms with Crippen molar-refractivity contribution in [2.75, 3.05) is 25.6 Å². The number of aromatic amines is 1.